The van der Waals surface area contributed by atoms with Crippen LogP contribution in [0.1, 0.15) is 36.5 Å². The van der Waals surface area contributed by atoms with Crippen LogP contribution in [0.2, 0.25) is 0 Å². The molecule has 0 aromatic carbocycles. The van der Waals surface area contributed by atoms with Gasteiger partial charge in [0.25, 0.3) is 0 Å². The van der Waals surface area contributed by atoms with Gasteiger partial charge in [0.05, 0.1) is 12.7 Å². The molecule has 0 spiro atoms. The molecule has 0 bridgehead atoms. The van der Waals surface area contributed by atoms with Crippen LogP contribution in [0.25, 0.3) is 11.5 Å². The third kappa shape index (κ3) is 4.58. The molecule has 24 heavy (non-hydrogen) atoms. The number of hydrogen-bond acceptors (Lipinski definition) is 7. The van der Waals surface area contributed by atoms with E-state index in [1.165, 1.54) is 19.5 Å². The number of esters is 2. The molecule has 0 saturated heterocycles. The molecule has 0 amide bonds. The maximum atomic E-state index is 12.2. The monoisotopic (exact) mass is 329 g/mol. The summed E-state index contributed by atoms with van der Waals surface area (Å²) < 4.78 is 9.90. The quantitative estimate of drug-likeness (QED) is 0.720. The van der Waals surface area contributed by atoms with E-state index in [0.717, 1.165) is 12.8 Å². The van der Waals surface area contributed by atoms with Crippen LogP contribution in [-0.4, -0.2) is 40.1 Å². The Hall–Kier alpha value is -2.83. The molecule has 2 aromatic heterocycles. The predicted octanol–water partition coefficient (Wildman–Crippen LogP) is 2.43. The first kappa shape index (κ1) is 17.5. The van der Waals surface area contributed by atoms with E-state index in [4.69, 9.17) is 4.74 Å². The van der Waals surface area contributed by atoms with Gasteiger partial charge < -0.3 is 9.47 Å². The normalized spacial score (nSPS) is 11.6. The maximum Gasteiger partial charge on any atom is 0.347 e. The van der Waals surface area contributed by atoms with Gasteiger partial charge in [-0.25, -0.2) is 19.6 Å². The number of nitrogens with zero attached hydrogens (tertiary/aromatic N) is 3. The number of rotatable bonds is 7. The zero-order valence-electron chi connectivity index (χ0n) is 13.6. The van der Waals surface area contributed by atoms with E-state index in [-0.39, 0.29) is 5.56 Å². The number of ether oxygens (including phenoxy) is 2. The van der Waals surface area contributed by atoms with Crippen LogP contribution in [0.4, 0.5) is 0 Å². The highest BCUT2D eigenvalue weighted by Gasteiger charge is 2.24. The fraction of sp³-hybridized carbons (Fsp3) is 0.353. The molecule has 0 fully saturated rings. The van der Waals surface area contributed by atoms with Crippen molar-refractivity contribution in [2.24, 2.45) is 0 Å². The second kappa shape index (κ2) is 8.71. The second-order valence-electron chi connectivity index (χ2n) is 5.07. The van der Waals surface area contributed by atoms with E-state index in [1.54, 1.807) is 18.3 Å². The Morgan fingerprint density at radius 1 is 1.17 bits per heavy atom. The van der Waals surface area contributed by atoms with Crippen LogP contribution in [0.15, 0.2) is 36.8 Å². The van der Waals surface area contributed by atoms with Crippen molar-refractivity contribution in [1.82, 2.24) is 15.0 Å². The second-order valence-corrected chi connectivity index (χ2v) is 5.07. The summed E-state index contributed by atoms with van der Waals surface area (Å²) in [5.74, 6) is -0.820. The zero-order chi connectivity index (χ0) is 17.4. The Bertz CT molecular complexity index is 674. The summed E-state index contributed by atoms with van der Waals surface area (Å²) in [7, 11) is 1.26. The number of pyridine rings is 1. The molecule has 126 valence electrons. The van der Waals surface area contributed by atoms with Gasteiger partial charge in [-0.3, -0.25) is 4.98 Å². The average molecular weight is 329 g/mol. The van der Waals surface area contributed by atoms with Gasteiger partial charge in [-0.15, -0.1) is 0 Å². The minimum atomic E-state index is -0.919. The fourth-order valence-corrected chi connectivity index (χ4v) is 2.00. The molecule has 2 aromatic rings. The van der Waals surface area contributed by atoms with E-state index < -0.39 is 18.0 Å². The SMILES string of the molecule is CCCCC(OC(=O)c1cnc(-c2ccccn2)nc1)C(=O)OC. The minimum Gasteiger partial charge on any atom is -0.466 e. The van der Waals surface area contributed by atoms with E-state index in [2.05, 4.69) is 19.7 Å². The molecule has 0 radical (unpaired) electrons. The van der Waals surface area contributed by atoms with Crippen molar-refractivity contribution in [1.29, 1.82) is 0 Å². The van der Waals surface area contributed by atoms with Gasteiger partial charge >= 0.3 is 11.9 Å². The molecule has 2 heterocycles. The van der Waals surface area contributed by atoms with Crippen LogP contribution in [-0.2, 0) is 14.3 Å². The molecule has 0 aliphatic heterocycles. The molecular weight excluding hydrogens is 310 g/mol. The summed E-state index contributed by atoms with van der Waals surface area (Å²) in [6.07, 6.45) is 5.48. The highest BCUT2D eigenvalue weighted by atomic mass is 16.6. The summed E-state index contributed by atoms with van der Waals surface area (Å²) in [5, 5.41) is 0. The van der Waals surface area contributed by atoms with Gasteiger partial charge in [-0.1, -0.05) is 19.4 Å². The molecule has 1 unspecified atom stereocenters. The Morgan fingerprint density at radius 3 is 2.50 bits per heavy atom. The van der Waals surface area contributed by atoms with Crippen LogP contribution in [0.5, 0.6) is 0 Å². The highest BCUT2D eigenvalue weighted by molar-refractivity contribution is 5.91. The summed E-state index contributed by atoms with van der Waals surface area (Å²) in [5.41, 5.74) is 0.771. The molecule has 0 N–H and O–H groups in total. The molecule has 7 nitrogen and oxygen atoms in total. The van der Waals surface area contributed by atoms with Crippen molar-refractivity contribution in [3.05, 3.63) is 42.4 Å². The lowest BCUT2D eigenvalue weighted by Gasteiger charge is -2.15. The third-order valence-electron chi connectivity index (χ3n) is 3.31. The van der Waals surface area contributed by atoms with Gasteiger partial charge in [0.1, 0.15) is 5.69 Å². The van der Waals surface area contributed by atoms with Crippen molar-refractivity contribution in [2.45, 2.75) is 32.3 Å². The molecule has 7 heteroatoms. The van der Waals surface area contributed by atoms with Crippen molar-refractivity contribution in [3.8, 4) is 11.5 Å². The lowest BCUT2D eigenvalue weighted by Crippen LogP contribution is -2.28. The lowest BCUT2D eigenvalue weighted by molar-refractivity contribution is -0.151. The number of carbonyl (C=O) groups excluding carboxylic acids is 2. The number of unbranched alkanes of at least 4 members (excludes halogenated alkanes) is 1. The Morgan fingerprint density at radius 2 is 1.92 bits per heavy atom. The number of aromatic nitrogens is 3. The van der Waals surface area contributed by atoms with Crippen molar-refractivity contribution >= 4 is 11.9 Å². The molecule has 2 rings (SSSR count). The summed E-state index contributed by atoms with van der Waals surface area (Å²) in [4.78, 5) is 36.2. The molecule has 1 atom stereocenters. The third-order valence-corrected chi connectivity index (χ3v) is 3.31. The predicted molar refractivity (Wildman–Crippen MR) is 86.0 cm³/mol. The van der Waals surface area contributed by atoms with E-state index in [1.807, 2.05) is 13.0 Å². The average Bonchev–Trinajstić information content (AvgIpc) is 2.65. The number of carbonyl (C=O) groups is 2. The summed E-state index contributed by atoms with van der Waals surface area (Å²) in [6.45, 7) is 1.99. The number of hydrogen-bond donors (Lipinski definition) is 0. The minimum absolute atomic E-state index is 0.167. The Balaban J connectivity index is 2.07. The van der Waals surface area contributed by atoms with Gasteiger partial charge in [0.15, 0.2) is 11.9 Å². The van der Waals surface area contributed by atoms with Gasteiger partial charge in [0, 0.05) is 18.6 Å². The fourth-order valence-electron chi connectivity index (χ4n) is 2.00. The smallest absolute Gasteiger partial charge is 0.347 e. The van der Waals surface area contributed by atoms with Crippen molar-refractivity contribution < 1.29 is 19.1 Å². The first-order chi connectivity index (χ1) is 11.7. The Kier molecular flexibility index (Phi) is 6.36. The standard InChI is InChI=1S/C17H19N3O4/c1-3-4-8-14(17(22)23-2)24-16(21)12-10-19-15(20-11-12)13-7-5-6-9-18-13/h5-7,9-11,14H,3-4,8H2,1-2H3. The summed E-state index contributed by atoms with van der Waals surface area (Å²) in [6, 6.07) is 5.38. The van der Waals surface area contributed by atoms with Gasteiger partial charge in [-0.2, -0.15) is 0 Å². The van der Waals surface area contributed by atoms with Crippen LogP contribution < -0.4 is 0 Å². The molecular formula is C17H19N3O4. The van der Waals surface area contributed by atoms with E-state index >= 15 is 0 Å². The largest absolute Gasteiger partial charge is 0.466 e. The first-order valence-electron chi connectivity index (χ1n) is 7.68. The van der Waals surface area contributed by atoms with Gasteiger partial charge in [-0.05, 0) is 25.0 Å². The Labute approximate surface area is 140 Å². The van der Waals surface area contributed by atoms with E-state index in [9.17, 15) is 9.59 Å². The molecule has 0 aliphatic rings. The first-order valence-corrected chi connectivity index (χ1v) is 7.68. The van der Waals surface area contributed by atoms with Gasteiger partial charge in [0.2, 0.25) is 0 Å². The van der Waals surface area contributed by atoms with E-state index in [0.29, 0.717) is 17.9 Å². The highest BCUT2D eigenvalue weighted by Crippen LogP contribution is 2.13. The van der Waals surface area contributed by atoms with Crippen LogP contribution in [0.3, 0.4) is 0 Å². The van der Waals surface area contributed by atoms with Crippen molar-refractivity contribution in [2.75, 3.05) is 7.11 Å². The zero-order valence-corrected chi connectivity index (χ0v) is 13.6. The van der Waals surface area contributed by atoms with Crippen molar-refractivity contribution in [3.63, 3.8) is 0 Å². The van der Waals surface area contributed by atoms with Crippen LogP contribution in [0, 0.1) is 0 Å². The molecule has 0 saturated carbocycles. The maximum absolute atomic E-state index is 12.2. The molecule has 0 aliphatic carbocycles. The summed E-state index contributed by atoms with van der Waals surface area (Å²) >= 11 is 0. The lowest BCUT2D eigenvalue weighted by atomic mass is 10.1. The number of methoxy groups -OCH3 is 1. The topological polar surface area (TPSA) is 91.3 Å². The van der Waals surface area contributed by atoms with Crippen LogP contribution >= 0.6 is 0 Å².